The molecule has 0 heterocycles. The summed E-state index contributed by atoms with van der Waals surface area (Å²) in [5.74, 6) is 0.209. The summed E-state index contributed by atoms with van der Waals surface area (Å²) in [4.78, 5) is 28.6. The summed E-state index contributed by atoms with van der Waals surface area (Å²) in [5, 5.41) is 3.94. The largest absolute Gasteiger partial charge is 0.497 e. The number of amides is 2. The van der Waals surface area contributed by atoms with E-state index in [1.165, 1.54) is 17.8 Å². The lowest BCUT2D eigenvalue weighted by Crippen LogP contribution is -2.51. The van der Waals surface area contributed by atoms with Crippen molar-refractivity contribution >= 4 is 50.7 Å². The minimum atomic E-state index is -3.59. The minimum absolute atomic E-state index is 0.0662. The second kappa shape index (κ2) is 14.9. The highest BCUT2D eigenvalue weighted by molar-refractivity contribution is 7.92. The Kier molecular flexibility index (Phi) is 12.0. The molecular formula is C29H39Cl2N3O5S. The first-order valence-corrected chi connectivity index (χ1v) is 16.3. The zero-order valence-electron chi connectivity index (χ0n) is 23.4. The highest BCUT2D eigenvalue weighted by Crippen LogP contribution is 2.26. The Labute approximate surface area is 248 Å². The van der Waals surface area contributed by atoms with Crippen LogP contribution in [-0.4, -0.2) is 57.1 Å². The van der Waals surface area contributed by atoms with Gasteiger partial charge in [0, 0.05) is 25.6 Å². The molecule has 0 saturated heterocycles. The molecule has 0 spiro atoms. The van der Waals surface area contributed by atoms with Crippen LogP contribution in [0.15, 0.2) is 42.5 Å². The number of anilines is 1. The van der Waals surface area contributed by atoms with Crippen LogP contribution in [0.5, 0.6) is 5.75 Å². The summed E-state index contributed by atoms with van der Waals surface area (Å²) in [6.07, 6.45) is 7.13. The molecule has 3 rings (SSSR count). The number of carbonyl (C=O) groups is 2. The van der Waals surface area contributed by atoms with Gasteiger partial charge in [0.1, 0.15) is 11.8 Å². The zero-order valence-corrected chi connectivity index (χ0v) is 25.7. The lowest BCUT2D eigenvalue weighted by atomic mass is 9.95. The quantitative estimate of drug-likeness (QED) is 0.308. The van der Waals surface area contributed by atoms with Gasteiger partial charge in [-0.2, -0.15) is 0 Å². The van der Waals surface area contributed by atoms with E-state index in [2.05, 4.69) is 5.32 Å². The minimum Gasteiger partial charge on any atom is -0.497 e. The molecule has 1 aliphatic rings. The van der Waals surface area contributed by atoms with Crippen molar-refractivity contribution in [2.24, 2.45) is 0 Å². The molecule has 1 unspecified atom stereocenters. The molecule has 1 atom stereocenters. The van der Waals surface area contributed by atoms with E-state index in [0.29, 0.717) is 27.9 Å². The first-order valence-electron chi connectivity index (χ1n) is 13.7. The Hall–Kier alpha value is -2.49. The van der Waals surface area contributed by atoms with Crippen LogP contribution in [0.3, 0.4) is 0 Å². The van der Waals surface area contributed by atoms with E-state index in [1.54, 1.807) is 47.4 Å². The molecule has 11 heteroatoms. The molecule has 1 N–H and O–H groups in total. The number of halogens is 2. The van der Waals surface area contributed by atoms with E-state index in [0.717, 1.165) is 37.5 Å². The van der Waals surface area contributed by atoms with Gasteiger partial charge >= 0.3 is 0 Å². The van der Waals surface area contributed by atoms with E-state index in [4.69, 9.17) is 27.9 Å². The molecule has 2 amide bonds. The molecule has 40 heavy (non-hydrogen) atoms. The van der Waals surface area contributed by atoms with Gasteiger partial charge in [0.15, 0.2) is 0 Å². The van der Waals surface area contributed by atoms with Gasteiger partial charge in [0.2, 0.25) is 21.8 Å². The van der Waals surface area contributed by atoms with Gasteiger partial charge in [-0.25, -0.2) is 8.42 Å². The number of sulfonamides is 1. The maximum atomic E-state index is 13.7. The number of nitrogens with one attached hydrogen (secondary N) is 1. The van der Waals surface area contributed by atoms with E-state index in [1.807, 2.05) is 6.92 Å². The molecule has 0 bridgehead atoms. The second-order valence-electron chi connectivity index (χ2n) is 10.2. The summed E-state index contributed by atoms with van der Waals surface area (Å²) in [6, 6.07) is 11.3. The monoisotopic (exact) mass is 611 g/mol. The number of ether oxygens (including phenoxy) is 1. The second-order valence-corrected chi connectivity index (χ2v) is 12.9. The highest BCUT2D eigenvalue weighted by atomic mass is 35.5. The number of hydrogen-bond donors (Lipinski definition) is 1. The van der Waals surface area contributed by atoms with Crippen LogP contribution in [0.2, 0.25) is 10.0 Å². The first-order chi connectivity index (χ1) is 19.0. The van der Waals surface area contributed by atoms with E-state index in [9.17, 15) is 18.0 Å². The lowest BCUT2D eigenvalue weighted by molar-refractivity contribution is -0.141. The molecule has 1 saturated carbocycles. The van der Waals surface area contributed by atoms with Crippen molar-refractivity contribution in [3.63, 3.8) is 0 Å². The number of benzene rings is 2. The zero-order chi connectivity index (χ0) is 29.3. The van der Waals surface area contributed by atoms with Crippen molar-refractivity contribution in [2.75, 3.05) is 24.2 Å². The number of nitrogens with zero attached hydrogens (tertiary/aromatic N) is 2. The van der Waals surface area contributed by atoms with Gasteiger partial charge in [0.25, 0.3) is 0 Å². The Balaban J connectivity index is 1.77. The summed E-state index contributed by atoms with van der Waals surface area (Å²) < 4.78 is 31.5. The van der Waals surface area contributed by atoms with E-state index in [-0.39, 0.29) is 43.8 Å². The average molecular weight is 613 g/mol. The third-order valence-corrected chi connectivity index (χ3v) is 9.12. The fourth-order valence-corrected chi connectivity index (χ4v) is 6.34. The molecule has 0 aromatic heterocycles. The molecule has 1 aliphatic carbocycles. The van der Waals surface area contributed by atoms with Crippen molar-refractivity contribution < 1.29 is 22.7 Å². The van der Waals surface area contributed by atoms with Gasteiger partial charge in [0.05, 0.1) is 29.1 Å². The maximum Gasteiger partial charge on any atom is 0.243 e. The van der Waals surface area contributed by atoms with Crippen molar-refractivity contribution in [3.8, 4) is 5.75 Å². The molecule has 2 aromatic rings. The van der Waals surface area contributed by atoms with Gasteiger partial charge in [-0.3, -0.25) is 13.9 Å². The van der Waals surface area contributed by atoms with Crippen LogP contribution in [0.25, 0.3) is 0 Å². The Morgan fingerprint density at radius 3 is 2.30 bits per heavy atom. The number of hydrogen-bond acceptors (Lipinski definition) is 5. The summed E-state index contributed by atoms with van der Waals surface area (Å²) in [5.41, 5.74) is 1.24. The Morgan fingerprint density at radius 2 is 1.73 bits per heavy atom. The van der Waals surface area contributed by atoms with Crippen LogP contribution in [0, 0.1) is 0 Å². The van der Waals surface area contributed by atoms with Gasteiger partial charge in [-0.1, -0.05) is 55.5 Å². The van der Waals surface area contributed by atoms with E-state index >= 15 is 0 Å². The van der Waals surface area contributed by atoms with Crippen LogP contribution >= 0.6 is 23.2 Å². The van der Waals surface area contributed by atoms with Gasteiger partial charge in [-0.15, -0.1) is 0 Å². The van der Waals surface area contributed by atoms with Crippen molar-refractivity contribution in [1.82, 2.24) is 10.2 Å². The lowest BCUT2D eigenvalue weighted by Gasteiger charge is -2.33. The summed E-state index contributed by atoms with van der Waals surface area (Å²) in [6.45, 7) is 2.18. The molecule has 220 valence electrons. The number of carbonyl (C=O) groups excluding carboxylic acids is 2. The number of rotatable bonds is 13. The van der Waals surface area contributed by atoms with Crippen LogP contribution in [0.4, 0.5) is 5.69 Å². The summed E-state index contributed by atoms with van der Waals surface area (Å²) >= 11 is 12.3. The number of methoxy groups -OCH3 is 1. The van der Waals surface area contributed by atoms with Crippen molar-refractivity contribution in [3.05, 3.63) is 58.1 Å². The highest BCUT2D eigenvalue weighted by Gasteiger charge is 2.30. The smallest absolute Gasteiger partial charge is 0.243 e. The fourth-order valence-electron chi connectivity index (χ4n) is 5.05. The molecule has 8 nitrogen and oxygen atoms in total. The maximum absolute atomic E-state index is 13.7. The molecule has 0 aliphatic heterocycles. The SMILES string of the molecule is CCC(C(=O)NC1CCCCC1)N(Cc1ccc(Cl)c(Cl)c1)C(=O)CCCN(c1ccc(OC)cc1)S(C)(=O)=O. The summed E-state index contributed by atoms with van der Waals surface area (Å²) in [7, 11) is -2.05. The standard InChI is InChI=1S/C29H39Cl2N3O5S/c1-4-27(29(36)32-22-9-6-5-7-10-22)33(20-21-12-17-25(30)26(31)19-21)28(35)11-8-18-34(40(3,37)38)23-13-15-24(39-2)16-14-23/h12-17,19,22,27H,4-11,18,20H2,1-3H3,(H,32,36). The van der Waals surface area contributed by atoms with Crippen LogP contribution in [0.1, 0.15) is 63.9 Å². The van der Waals surface area contributed by atoms with Gasteiger partial charge in [-0.05, 0) is 67.6 Å². The topological polar surface area (TPSA) is 96.0 Å². The molecule has 1 fully saturated rings. The fraction of sp³-hybridized carbons (Fsp3) is 0.517. The van der Waals surface area contributed by atoms with Gasteiger partial charge < -0.3 is 15.0 Å². The first kappa shape index (κ1) is 32.0. The molecular weight excluding hydrogens is 573 g/mol. The predicted octanol–water partition coefficient (Wildman–Crippen LogP) is 5.80. The Morgan fingerprint density at radius 1 is 1.05 bits per heavy atom. The third-order valence-electron chi connectivity index (χ3n) is 7.19. The van der Waals surface area contributed by atoms with Crippen LogP contribution < -0.4 is 14.4 Å². The van der Waals surface area contributed by atoms with Crippen molar-refractivity contribution in [2.45, 2.75) is 76.9 Å². The van der Waals surface area contributed by atoms with Crippen molar-refractivity contribution in [1.29, 1.82) is 0 Å². The molecule has 2 aromatic carbocycles. The third kappa shape index (κ3) is 9.01. The molecule has 0 radical (unpaired) electrons. The predicted molar refractivity (Wildman–Crippen MR) is 161 cm³/mol. The average Bonchev–Trinajstić information content (AvgIpc) is 2.92. The van der Waals surface area contributed by atoms with Crippen LogP contribution in [-0.2, 0) is 26.2 Å². The van der Waals surface area contributed by atoms with E-state index < -0.39 is 16.1 Å². The Bertz CT molecular complexity index is 1250. The normalized spacial score (nSPS) is 14.8.